The van der Waals surface area contributed by atoms with E-state index in [9.17, 15) is 4.79 Å². The summed E-state index contributed by atoms with van der Waals surface area (Å²) in [7, 11) is 0. The number of nitrogens with one attached hydrogen (secondary N) is 1. The summed E-state index contributed by atoms with van der Waals surface area (Å²) in [4.78, 5) is 10.6. The van der Waals surface area contributed by atoms with Crippen LogP contribution in [0, 0.1) is 10.8 Å². The number of aliphatic carboxylic acids is 1. The van der Waals surface area contributed by atoms with Crippen molar-refractivity contribution in [2.75, 3.05) is 0 Å². The van der Waals surface area contributed by atoms with E-state index in [-0.39, 0.29) is 5.84 Å². The molecule has 1 atom stereocenters. The van der Waals surface area contributed by atoms with E-state index in [0.717, 1.165) is 0 Å². The fourth-order valence-electron chi connectivity index (χ4n) is 0.857. The van der Waals surface area contributed by atoms with Gasteiger partial charge in [-0.25, -0.2) is 0 Å². The molecule has 64 valence electrons. The molecule has 0 bridgehead atoms. The molecule has 0 spiro atoms. The van der Waals surface area contributed by atoms with Crippen molar-refractivity contribution in [1.29, 1.82) is 5.41 Å². The largest absolute Gasteiger partial charge is 0.480 e. The summed E-state index contributed by atoms with van der Waals surface area (Å²) in [5, 5.41) is 15.8. The smallest absolute Gasteiger partial charge is 0.316 e. The third-order valence-electron chi connectivity index (χ3n) is 1.82. The summed E-state index contributed by atoms with van der Waals surface area (Å²) in [6.45, 7) is 3.34. The number of carboxylic acids is 1. The first-order valence-corrected chi connectivity index (χ1v) is 3.53. The van der Waals surface area contributed by atoms with E-state index in [1.165, 1.54) is 6.92 Å². The SMILES string of the molecule is CCCC(C)(C(=N)N)C(=O)O. The number of carboxylic acid groups (broad SMARTS) is 1. The van der Waals surface area contributed by atoms with Gasteiger partial charge in [0.1, 0.15) is 11.3 Å². The van der Waals surface area contributed by atoms with Crippen LogP contribution in [0.5, 0.6) is 0 Å². The Morgan fingerprint density at radius 1 is 1.73 bits per heavy atom. The van der Waals surface area contributed by atoms with E-state index in [4.69, 9.17) is 16.2 Å². The standard InChI is InChI=1S/C7H14N2O2/c1-3-4-7(2,5(8)9)6(10)11/h3-4H2,1-2H3,(H3,8,9)(H,10,11). The van der Waals surface area contributed by atoms with Gasteiger partial charge >= 0.3 is 5.97 Å². The molecule has 0 rings (SSSR count). The molecule has 0 aliphatic carbocycles. The molecule has 0 fully saturated rings. The summed E-state index contributed by atoms with van der Waals surface area (Å²) in [6.07, 6.45) is 1.13. The van der Waals surface area contributed by atoms with Gasteiger partial charge in [-0.2, -0.15) is 0 Å². The molecular weight excluding hydrogens is 144 g/mol. The molecule has 0 saturated carbocycles. The Kier molecular flexibility index (Phi) is 3.04. The molecule has 11 heavy (non-hydrogen) atoms. The van der Waals surface area contributed by atoms with Gasteiger partial charge in [-0.15, -0.1) is 0 Å². The Bertz CT molecular complexity index is 163. The lowest BCUT2D eigenvalue weighted by atomic mass is 9.85. The number of rotatable bonds is 4. The van der Waals surface area contributed by atoms with Crippen molar-refractivity contribution >= 4 is 11.8 Å². The van der Waals surface area contributed by atoms with Crippen molar-refractivity contribution in [3.05, 3.63) is 0 Å². The number of nitrogens with two attached hydrogens (primary N) is 1. The van der Waals surface area contributed by atoms with E-state index >= 15 is 0 Å². The molecule has 0 aromatic heterocycles. The van der Waals surface area contributed by atoms with Crippen LogP contribution in [0.25, 0.3) is 0 Å². The maximum absolute atomic E-state index is 10.6. The third-order valence-corrected chi connectivity index (χ3v) is 1.82. The van der Waals surface area contributed by atoms with Crippen molar-refractivity contribution in [2.24, 2.45) is 11.1 Å². The minimum atomic E-state index is -1.17. The zero-order valence-electron chi connectivity index (χ0n) is 6.85. The van der Waals surface area contributed by atoms with E-state index in [1.807, 2.05) is 6.92 Å². The second-order valence-electron chi connectivity index (χ2n) is 2.80. The maximum Gasteiger partial charge on any atom is 0.316 e. The van der Waals surface area contributed by atoms with Gasteiger partial charge in [0.05, 0.1) is 0 Å². The molecule has 4 nitrogen and oxygen atoms in total. The first-order chi connectivity index (χ1) is 4.95. The quantitative estimate of drug-likeness (QED) is 0.418. The first kappa shape index (κ1) is 9.94. The van der Waals surface area contributed by atoms with Crippen LogP contribution in [0.1, 0.15) is 26.7 Å². The molecule has 0 saturated heterocycles. The fraction of sp³-hybridized carbons (Fsp3) is 0.714. The molecule has 1 unspecified atom stereocenters. The molecule has 0 amide bonds. The predicted octanol–water partition coefficient (Wildman–Crippen LogP) is 0.813. The maximum atomic E-state index is 10.6. The van der Waals surface area contributed by atoms with Crippen molar-refractivity contribution in [3.8, 4) is 0 Å². The highest BCUT2D eigenvalue weighted by molar-refractivity contribution is 6.02. The Balaban J connectivity index is 4.52. The van der Waals surface area contributed by atoms with E-state index in [1.54, 1.807) is 0 Å². The van der Waals surface area contributed by atoms with Crippen LogP contribution < -0.4 is 5.73 Å². The second kappa shape index (κ2) is 3.37. The molecule has 0 aromatic rings. The van der Waals surface area contributed by atoms with Gasteiger partial charge in [-0.3, -0.25) is 10.2 Å². The number of hydrogen-bond donors (Lipinski definition) is 3. The zero-order chi connectivity index (χ0) is 9.07. The molecule has 4 N–H and O–H groups in total. The number of amidine groups is 1. The summed E-state index contributed by atoms with van der Waals surface area (Å²) >= 11 is 0. The van der Waals surface area contributed by atoms with Gasteiger partial charge in [0.15, 0.2) is 0 Å². The topological polar surface area (TPSA) is 87.2 Å². The predicted molar refractivity (Wildman–Crippen MR) is 42.6 cm³/mol. The van der Waals surface area contributed by atoms with Crippen molar-refractivity contribution < 1.29 is 9.90 Å². The van der Waals surface area contributed by atoms with Crippen LogP contribution in [0.15, 0.2) is 0 Å². The van der Waals surface area contributed by atoms with Gasteiger partial charge in [-0.1, -0.05) is 13.3 Å². The fourth-order valence-corrected chi connectivity index (χ4v) is 0.857. The van der Waals surface area contributed by atoms with E-state index in [0.29, 0.717) is 12.8 Å². The third kappa shape index (κ3) is 1.93. The highest BCUT2D eigenvalue weighted by Crippen LogP contribution is 2.22. The minimum Gasteiger partial charge on any atom is -0.480 e. The Morgan fingerprint density at radius 3 is 2.27 bits per heavy atom. The van der Waals surface area contributed by atoms with Crippen molar-refractivity contribution in [3.63, 3.8) is 0 Å². The van der Waals surface area contributed by atoms with E-state index < -0.39 is 11.4 Å². The molecule has 0 radical (unpaired) electrons. The molecular formula is C7H14N2O2. The highest BCUT2D eigenvalue weighted by Gasteiger charge is 2.35. The monoisotopic (exact) mass is 158 g/mol. The first-order valence-electron chi connectivity index (χ1n) is 3.53. The Hall–Kier alpha value is -1.06. The zero-order valence-corrected chi connectivity index (χ0v) is 6.85. The molecule has 0 aromatic carbocycles. The molecule has 0 aliphatic rings. The molecule has 0 heterocycles. The summed E-state index contributed by atoms with van der Waals surface area (Å²) in [5.74, 6) is -1.29. The van der Waals surface area contributed by atoms with Crippen LogP contribution in [0.4, 0.5) is 0 Å². The van der Waals surface area contributed by atoms with Crippen LogP contribution in [-0.2, 0) is 4.79 Å². The van der Waals surface area contributed by atoms with Crippen LogP contribution in [0.3, 0.4) is 0 Å². The van der Waals surface area contributed by atoms with Gasteiger partial charge in [0, 0.05) is 0 Å². The number of carbonyl (C=O) groups is 1. The minimum absolute atomic E-state index is 0.271. The molecule has 4 heteroatoms. The van der Waals surface area contributed by atoms with E-state index in [2.05, 4.69) is 0 Å². The van der Waals surface area contributed by atoms with Gasteiger partial charge in [0.25, 0.3) is 0 Å². The van der Waals surface area contributed by atoms with Crippen molar-refractivity contribution in [2.45, 2.75) is 26.7 Å². The number of hydrogen-bond acceptors (Lipinski definition) is 2. The van der Waals surface area contributed by atoms with Crippen LogP contribution >= 0.6 is 0 Å². The van der Waals surface area contributed by atoms with Gasteiger partial charge in [0.2, 0.25) is 0 Å². The average Bonchev–Trinajstić information content (AvgIpc) is 1.87. The van der Waals surface area contributed by atoms with Gasteiger partial charge < -0.3 is 10.8 Å². The Labute approximate surface area is 65.9 Å². The van der Waals surface area contributed by atoms with Crippen LogP contribution in [-0.4, -0.2) is 16.9 Å². The molecule has 0 aliphatic heterocycles. The lowest BCUT2D eigenvalue weighted by Crippen LogP contribution is -2.40. The normalized spacial score (nSPS) is 15.5. The van der Waals surface area contributed by atoms with Crippen molar-refractivity contribution in [1.82, 2.24) is 0 Å². The Morgan fingerprint density at radius 2 is 2.18 bits per heavy atom. The highest BCUT2D eigenvalue weighted by atomic mass is 16.4. The second-order valence-corrected chi connectivity index (χ2v) is 2.80. The lowest BCUT2D eigenvalue weighted by Gasteiger charge is -2.21. The summed E-state index contributed by atoms with van der Waals surface area (Å²) in [5.41, 5.74) is 3.99. The van der Waals surface area contributed by atoms with Crippen LogP contribution in [0.2, 0.25) is 0 Å². The lowest BCUT2D eigenvalue weighted by molar-refractivity contribution is -0.144. The van der Waals surface area contributed by atoms with Gasteiger partial charge in [-0.05, 0) is 13.3 Å². The summed E-state index contributed by atoms with van der Waals surface area (Å²) < 4.78 is 0. The summed E-state index contributed by atoms with van der Waals surface area (Å²) in [6, 6.07) is 0. The average molecular weight is 158 g/mol.